The third kappa shape index (κ3) is 3.06. The summed E-state index contributed by atoms with van der Waals surface area (Å²) in [4.78, 5) is 14.9. The summed E-state index contributed by atoms with van der Waals surface area (Å²) in [6, 6.07) is 16.4. The van der Waals surface area contributed by atoms with Gasteiger partial charge in [0, 0.05) is 11.6 Å². The number of hydrogen-bond donors (Lipinski definition) is 1. The van der Waals surface area contributed by atoms with Crippen molar-refractivity contribution in [3.05, 3.63) is 71.8 Å². The van der Waals surface area contributed by atoms with Crippen LogP contribution < -0.4 is 5.14 Å². The first-order valence-corrected chi connectivity index (χ1v) is 10.2. The molecule has 2 atom stereocenters. The van der Waals surface area contributed by atoms with Crippen molar-refractivity contribution in [2.75, 3.05) is 0 Å². The lowest BCUT2D eigenvalue weighted by Crippen LogP contribution is -2.42. The zero-order valence-corrected chi connectivity index (χ0v) is 15.0. The van der Waals surface area contributed by atoms with E-state index in [1.807, 2.05) is 23.1 Å². The Labute approximate surface area is 153 Å². The van der Waals surface area contributed by atoms with Crippen LogP contribution in [0.15, 0.2) is 65.6 Å². The predicted molar refractivity (Wildman–Crippen MR) is 99.8 cm³/mol. The van der Waals surface area contributed by atoms with Crippen LogP contribution in [0, 0.1) is 0 Å². The molecular weight excluding hydrogens is 348 g/mol. The van der Waals surface area contributed by atoms with Crippen LogP contribution in [-0.2, 0) is 10.0 Å². The van der Waals surface area contributed by atoms with Gasteiger partial charge < -0.3 is 4.90 Å². The Hall–Kier alpha value is -2.44. The number of fused-ring (bicyclic) bond motifs is 2. The molecule has 134 valence electrons. The second-order valence-corrected chi connectivity index (χ2v) is 8.40. The molecule has 0 aromatic heterocycles. The first-order valence-electron chi connectivity index (χ1n) is 8.65. The molecule has 6 heteroatoms. The van der Waals surface area contributed by atoms with Crippen molar-refractivity contribution in [2.45, 2.75) is 36.2 Å². The zero-order valence-electron chi connectivity index (χ0n) is 14.2. The highest BCUT2D eigenvalue weighted by Gasteiger charge is 2.39. The molecule has 1 fully saturated rings. The van der Waals surface area contributed by atoms with E-state index in [1.165, 1.54) is 35.4 Å². The molecule has 2 bridgehead atoms. The molecular formula is C20H20N2O3S. The van der Waals surface area contributed by atoms with Crippen LogP contribution in [0.3, 0.4) is 0 Å². The molecule has 0 saturated carbocycles. The van der Waals surface area contributed by atoms with Crippen molar-refractivity contribution in [3.8, 4) is 0 Å². The van der Waals surface area contributed by atoms with Gasteiger partial charge in [0.05, 0.1) is 10.9 Å². The van der Waals surface area contributed by atoms with Crippen molar-refractivity contribution in [1.82, 2.24) is 4.90 Å². The van der Waals surface area contributed by atoms with Crippen LogP contribution in [0.5, 0.6) is 0 Å². The van der Waals surface area contributed by atoms with Gasteiger partial charge >= 0.3 is 0 Å². The normalized spacial score (nSPS) is 22.2. The summed E-state index contributed by atoms with van der Waals surface area (Å²) in [5.41, 5.74) is 3.01. The Kier molecular flexibility index (Phi) is 4.17. The van der Waals surface area contributed by atoms with Crippen LogP contribution >= 0.6 is 0 Å². The van der Waals surface area contributed by atoms with Crippen LogP contribution in [0.2, 0.25) is 0 Å². The summed E-state index contributed by atoms with van der Waals surface area (Å²) in [5, 5.41) is 5.12. The lowest BCUT2D eigenvalue weighted by atomic mass is 9.94. The number of carbonyl (C=O) groups is 1. The van der Waals surface area contributed by atoms with E-state index in [2.05, 4.69) is 18.2 Å². The summed E-state index contributed by atoms with van der Waals surface area (Å²) in [7, 11) is -3.75. The van der Waals surface area contributed by atoms with E-state index in [4.69, 9.17) is 5.14 Å². The average Bonchev–Trinajstić information content (AvgIpc) is 2.90. The predicted octanol–water partition coefficient (Wildman–Crippen LogP) is 2.79. The highest BCUT2D eigenvalue weighted by Crippen LogP contribution is 2.39. The summed E-state index contributed by atoms with van der Waals surface area (Å²) >= 11 is 0. The number of nitrogens with zero attached hydrogens (tertiary/aromatic N) is 1. The minimum atomic E-state index is -3.75. The topological polar surface area (TPSA) is 80.5 Å². The third-order valence-corrected chi connectivity index (χ3v) is 6.13. The Balaban J connectivity index is 1.59. The molecule has 2 aromatic rings. The number of nitrogens with two attached hydrogens (primary N) is 1. The quantitative estimate of drug-likeness (QED) is 0.905. The fraction of sp³-hybridized carbons (Fsp3) is 0.250. The Morgan fingerprint density at radius 1 is 1.00 bits per heavy atom. The van der Waals surface area contributed by atoms with E-state index in [1.54, 1.807) is 0 Å². The number of rotatable bonds is 3. The van der Waals surface area contributed by atoms with Gasteiger partial charge in [-0.15, -0.1) is 0 Å². The van der Waals surface area contributed by atoms with Crippen LogP contribution in [0.25, 0.3) is 5.57 Å². The van der Waals surface area contributed by atoms with E-state index in [0.717, 1.165) is 19.3 Å². The number of amides is 1. The first-order chi connectivity index (χ1) is 12.4. The maximum Gasteiger partial charge on any atom is 0.254 e. The van der Waals surface area contributed by atoms with Crippen LogP contribution in [0.4, 0.5) is 0 Å². The maximum atomic E-state index is 13.0. The van der Waals surface area contributed by atoms with Gasteiger partial charge in [0.2, 0.25) is 10.0 Å². The monoisotopic (exact) mass is 368 g/mol. The van der Waals surface area contributed by atoms with Crippen molar-refractivity contribution in [2.24, 2.45) is 5.14 Å². The molecule has 2 aliphatic rings. The van der Waals surface area contributed by atoms with Gasteiger partial charge in [-0.25, -0.2) is 13.6 Å². The number of carbonyl (C=O) groups excluding carboxylic acids is 1. The molecule has 4 rings (SSSR count). The van der Waals surface area contributed by atoms with E-state index < -0.39 is 10.0 Å². The van der Waals surface area contributed by atoms with Gasteiger partial charge in [-0.1, -0.05) is 36.4 Å². The molecule has 0 radical (unpaired) electrons. The molecule has 2 heterocycles. The molecule has 0 aliphatic carbocycles. The lowest BCUT2D eigenvalue weighted by molar-refractivity contribution is 0.0692. The average molecular weight is 368 g/mol. The highest BCUT2D eigenvalue weighted by molar-refractivity contribution is 7.89. The Morgan fingerprint density at radius 3 is 2.31 bits per heavy atom. The van der Waals surface area contributed by atoms with Crippen molar-refractivity contribution < 1.29 is 13.2 Å². The minimum absolute atomic E-state index is 0.0157. The van der Waals surface area contributed by atoms with Crippen LogP contribution in [-0.4, -0.2) is 31.3 Å². The highest BCUT2D eigenvalue weighted by atomic mass is 32.2. The Morgan fingerprint density at radius 2 is 1.69 bits per heavy atom. The molecule has 26 heavy (non-hydrogen) atoms. The summed E-state index contributed by atoms with van der Waals surface area (Å²) < 4.78 is 22.8. The van der Waals surface area contributed by atoms with Gasteiger partial charge in [-0.2, -0.15) is 0 Å². The van der Waals surface area contributed by atoms with Gasteiger partial charge in [0.15, 0.2) is 0 Å². The van der Waals surface area contributed by atoms with E-state index >= 15 is 0 Å². The smallest absolute Gasteiger partial charge is 0.254 e. The molecule has 1 saturated heterocycles. The van der Waals surface area contributed by atoms with Crippen molar-refractivity contribution in [3.63, 3.8) is 0 Å². The molecule has 0 unspecified atom stereocenters. The maximum absolute atomic E-state index is 13.0. The molecule has 2 aliphatic heterocycles. The second kappa shape index (κ2) is 6.37. The summed E-state index contributed by atoms with van der Waals surface area (Å²) in [6.07, 6.45) is 5.00. The minimum Gasteiger partial charge on any atom is -0.329 e. The van der Waals surface area contributed by atoms with Crippen LogP contribution in [0.1, 0.15) is 35.2 Å². The number of primary sulfonamides is 1. The summed E-state index contributed by atoms with van der Waals surface area (Å²) in [6.45, 7) is 0. The fourth-order valence-electron chi connectivity index (χ4n) is 3.95. The fourth-order valence-corrected chi connectivity index (χ4v) is 4.46. The zero-order chi connectivity index (χ0) is 18.3. The molecule has 1 amide bonds. The lowest BCUT2D eigenvalue weighted by Gasteiger charge is -2.34. The number of hydrogen-bond acceptors (Lipinski definition) is 3. The SMILES string of the molecule is NS(=O)(=O)c1ccc(C(=O)N2[C@@H]3CC[C@@H]2C=C(c2ccccc2)C3)cc1. The largest absolute Gasteiger partial charge is 0.329 e. The van der Waals surface area contributed by atoms with E-state index in [9.17, 15) is 13.2 Å². The Bertz CT molecular complexity index is 966. The number of sulfonamides is 1. The second-order valence-electron chi connectivity index (χ2n) is 6.84. The van der Waals surface area contributed by atoms with Crippen molar-refractivity contribution >= 4 is 21.5 Å². The standard InChI is InChI=1S/C20H20N2O3S/c21-26(24,25)19-10-6-15(7-11-19)20(23)22-17-8-9-18(22)13-16(12-17)14-4-2-1-3-5-14/h1-7,10-12,17-18H,8-9,13H2,(H2,21,24,25)/t17-,18-/m1/s1. The third-order valence-electron chi connectivity index (χ3n) is 5.20. The summed E-state index contributed by atoms with van der Waals surface area (Å²) in [5.74, 6) is -0.0539. The van der Waals surface area contributed by atoms with Crippen molar-refractivity contribution in [1.29, 1.82) is 0 Å². The molecule has 5 nitrogen and oxygen atoms in total. The van der Waals surface area contributed by atoms with Gasteiger partial charge in [0.1, 0.15) is 0 Å². The van der Waals surface area contributed by atoms with Gasteiger partial charge in [-0.3, -0.25) is 4.79 Å². The molecule has 0 spiro atoms. The first kappa shape index (κ1) is 17.0. The number of benzene rings is 2. The molecule has 2 aromatic carbocycles. The van der Waals surface area contributed by atoms with E-state index in [-0.39, 0.29) is 22.9 Å². The van der Waals surface area contributed by atoms with Gasteiger partial charge in [0.25, 0.3) is 5.91 Å². The molecule has 2 N–H and O–H groups in total. The van der Waals surface area contributed by atoms with Gasteiger partial charge in [-0.05, 0) is 54.7 Å². The van der Waals surface area contributed by atoms with E-state index in [0.29, 0.717) is 5.56 Å².